The van der Waals surface area contributed by atoms with Gasteiger partial charge in [-0.1, -0.05) is 12.1 Å². The molecule has 0 saturated carbocycles. The van der Waals surface area contributed by atoms with E-state index in [2.05, 4.69) is 20.9 Å². The van der Waals surface area contributed by atoms with Crippen LogP contribution >= 0.6 is 0 Å². The zero-order valence-electron chi connectivity index (χ0n) is 12.2. The van der Waals surface area contributed by atoms with Crippen molar-refractivity contribution in [2.24, 2.45) is 5.10 Å². The lowest BCUT2D eigenvalue weighted by Crippen LogP contribution is -2.48. The molecule has 6 nitrogen and oxygen atoms in total. The molecule has 6 heteroatoms. The van der Waals surface area contributed by atoms with Crippen LogP contribution in [-0.4, -0.2) is 27.6 Å². The fraction of sp³-hybridized carbons (Fsp3) is 0.267. The molecule has 21 heavy (non-hydrogen) atoms. The number of nitrogens with zero attached hydrogens (tertiary/aromatic N) is 3. The molecule has 1 atom stereocenters. The average Bonchev–Trinajstić information content (AvgIpc) is 2.78. The first kappa shape index (κ1) is 13.4. The zero-order chi connectivity index (χ0) is 15.0. The Bertz CT molecular complexity index is 714. The number of amides is 2. The molecule has 1 aliphatic heterocycles. The summed E-state index contributed by atoms with van der Waals surface area (Å²) in [5, 5.41) is 11.4. The van der Waals surface area contributed by atoms with Crippen LogP contribution in [0.1, 0.15) is 23.9 Å². The summed E-state index contributed by atoms with van der Waals surface area (Å²) in [6.45, 7) is 5.91. The van der Waals surface area contributed by atoms with Crippen molar-refractivity contribution in [2.75, 3.05) is 0 Å². The first-order valence-corrected chi connectivity index (χ1v) is 6.83. The van der Waals surface area contributed by atoms with Crippen molar-refractivity contribution < 1.29 is 4.79 Å². The van der Waals surface area contributed by atoms with Gasteiger partial charge in [0.25, 0.3) is 0 Å². The van der Waals surface area contributed by atoms with Crippen LogP contribution in [0.3, 0.4) is 0 Å². The van der Waals surface area contributed by atoms with E-state index in [1.165, 1.54) is 0 Å². The second-order valence-electron chi connectivity index (χ2n) is 5.19. The molecule has 0 fully saturated rings. The molecular formula is C15H17N5O. The standard InChI is InChI=1S/C15H17N5O/c1-9-8-10(2)20(19-9)13-6-4-12(5-7-13)14-11(3)16-15(21)18-17-14/h4-8,11H,1-3H3,(H2,16,18,21). The highest BCUT2D eigenvalue weighted by atomic mass is 16.2. The van der Waals surface area contributed by atoms with Crippen molar-refractivity contribution in [3.8, 4) is 5.69 Å². The van der Waals surface area contributed by atoms with E-state index in [0.29, 0.717) is 0 Å². The molecule has 0 aliphatic carbocycles. The smallest absolute Gasteiger partial charge is 0.328 e. The number of rotatable bonds is 2. The van der Waals surface area contributed by atoms with Crippen molar-refractivity contribution in [3.05, 3.63) is 47.3 Å². The number of hydrogen-bond acceptors (Lipinski definition) is 3. The van der Waals surface area contributed by atoms with E-state index in [0.717, 1.165) is 28.4 Å². The minimum Gasteiger partial charge on any atom is -0.328 e. The second kappa shape index (κ2) is 5.05. The molecule has 2 N–H and O–H groups in total. The van der Waals surface area contributed by atoms with Crippen LogP contribution in [0.2, 0.25) is 0 Å². The summed E-state index contributed by atoms with van der Waals surface area (Å²) < 4.78 is 1.91. The fourth-order valence-electron chi connectivity index (χ4n) is 2.48. The summed E-state index contributed by atoms with van der Waals surface area (Å²) >= 11 is 0. The number of hydrazone groups is 1. The lowest BCUT2D eigenvalue weighted by atomic mass is 10.0. The van der Waals surface area contributed by atoms with Crippen molar-refractivity contribution in [2.45, 2.75) is 26.8 Å². The normalized spacial score (nSPS) is 18.0. The Kier molecular flexibility index (Phi) is 3.21. The largest absolute Gasteiger partial charge is 0.335 e. The maximum atomic E-state index is 11.2. The molecular weight excluding hydrogens is 266 g/mol. The lowest BCUT2D eigenvalue weighted by Gasteiger charge is -2.21. The average molecular weight is 283 g/mol. The van der Waals surface area contributed by atoms with Crippen LogP contribution in [0.25, 0.3) is 5.69 Å². The minimum absolute atomic E-state index is 0.113. The number of aromatic nitrogens is 2. The third kappa shape index (κ3) is 2.52. The molecule has 1 aromatic carbocycles. The molecule has 0 spiro atoms. The molecule has 1 aromatic heterocycles. The van der Waals surface area contributed by atoms with Gasteiger partial charge in [0, 0.05) is 11.3 Å². The van der Waals surface area contributed by atoms with Gasteiger partial charge in [-0.25, -0.2) is 14.9 Å². The number of benzene rings is 1. The van der Waals surface area contributed by atoms with Crippen LogP contribution in [0, 0.1) is 13.8 Å². The van der Waals surface area contributed by atoms with Crippen LogP contribution in [-0.2, 0) is 0 Å². The molecule has 108 valence electrons. The highest BCUT2D eigenvalue weighted by molar-refractivity contribution is 6.07. The Balaban J connectivity index is 1.91. The molecule has 1 aliphatic rings. The van der Waals surface area contributed by atoms with Crippen molar-refractivity contribution in [1.82, 2.24) is 20.5 Å². The van der Waals surface area contributed by atoms with Gasteiger partial charge in [-0.2, -0.15) is 10.2 Å². The molecule has 2 aromatic rings. The van der Waals surface area contributed by atoms with E-state index in [1.807, 2.05) is 55.8 Å². The van der Waals surface area contributed by atoms with Gasteiger partial charge < -0.3 is 5.32 Å². The van der Waals surface area contributed by atoms with E-state index in [4.69, 9.17) is 0 Å². The van der Waals surface area contributed by atoms with Gasteiger partial charge in [0.1, 0.15) is 0 Å². The molecule has 3 rings (SSSR count). The van der Waals surface area contributed by atoms with Crippen molar-refractivity contribution >= 4 is 11.7 Å². The maximum Gasteiger partial charge on any atom is 0.335 e. The number of carbonyl (C=O) groups is 1. The van der Waals surface area contributed by atoms with Crippen molar-refractivity contribution in [3.63, 3.8) is 0 Å². The predicted molar refractivity (Wildman–Crippen MR) is 80.7 cm³/mol. The van der Waals surface area contributed by atoms with Gasteiger partial charge in [0.15, 0.2) is 0 Å². The fourth-order valence-corrected chi connectivity index (χ4v) is 2.48. The minimum atomic E-state index is -0.273. The molecule has 0 saturated heterocycles. The number of hydrogen-bond donors (Lipinski definition) is 2. The summed E-state index contributed by atoms with van der Waals surface area (Å²) in [5.41, 5.74) is 7.32. The van der Waals surface area contributed by atoms with Crippen LogP contribution < -0.4 is 10.7 Å². The molecule has 0 radical (unpaired) electrons. The first-order chi connectivity index (χ1) is 10.0. The topological polar surface area (TPSA) is 71.3 Å². The predicted octanol–water partition coefficient (Wildman–Crippen LogP) is 1.89. The number of nitrogens with one attached hydrogen (secondary N) is 2. The summed E-state index contributed by atoms with van der Waals surface area (Å²) in [7, 11) is 0. The molecule has 1 unspecified atom stereocenters. The summed E-state index contributed by atoms with van der Waals surface area (Å²) in [6, 6.07) is 9.63. The summed E-state index contributed by atoms with van der Waals surface area (Å²) in [4.78, 5) is 11.2. The molecule has 0 bridgehead atoms. The summed E-state index contributed by atoms with van der Waals surface area (Å²) in [5.74, 6) is 0. The SMILES string of the molecule is Cc1cc(C)n(-c2ccc(C3=NNC(=O)NC3C)cc2)n1. The third-order valence-corrected chi connectivity index (χ3v) is 3.45. The van der Waals surface area contributed by atoms with Crippen LogP contribution in [0.15, 0.2) is 35.4 Å². The second-order valence-corrected chi connectivity index (χ2v) is 5.19. The van der Waals surface area contributed by atoms with Gasteiger partial charge in [0.05, 0.1) is 23.1 Å². The third-order valence-electron chi connectivity index (χ3n) is 3.45. The van der Waals surface area contributed by atoms with Gasteiger partial charge in [0.2, 0.25) is 0 Å². The van der Waals surface area contributed by atoms with Gasteiger partial charge in [-0.15, -0.1) is 0 Å². The maximum absolute atomic E-state index is 11.2. The Hall–Kier alpha value is -2.63. The molecule has 2 amide bonds. The Morgan fingerprint density at radius 3 is 2.48 bits per heavy atom. The zero-order valence-corrected chi connectivity index (χ0v) is 12.2. The monoisotopic (exact) mass is 283 g/mol. The van der Waals surface area contributed by atoms with E-state index in [9.17, 15) is 4.79 Å². The first-order valence-electron chi connectivity index (χ1n) is 6.83. The van der Waals surface area contributed by atoms with Gasteiger partial charge >= 0.3 is 6.03 Å². The van der Waals surface area contributed by atoms with E-state index < -0.39 is 0 Å². The van der Waals surface area contributed by atoms with E-state index >= 15 is 0 Å². The highest BCUT2D eigenvalue weighted by Gasteiger charge is 2.20. The number of aryl methyl sites for hydroxylation is 2. The van der Waals surface area contributed by atoms with Crippen LogP contribution in [0.4, 0.5) is 4.79 Å². The highest BCUT2D eigenvalue weighted by Crippen LogP contribution is 2.15. The lowest BCUT2D eigenvalue weighted by molar-refractivity contribution is 0.239. The number of urea groups is 1. The van der Waals surface area contributed by atoms with Gasteiger partial charge in [-0.3, -0.25) is 0 Å². The van der Waals surface area contributed by atoms with E-state index in [-0.39, 0.29) is 12.1 Å². The van der Waals surface area contributed by atoms with Crippen LogP contribution in [0.5, 0.6) is 0 Å². The number of carbonyl (C=O) groups excluding carboxylic acids is 1. The Morgan fingerprint density at radius 1 is 1.19 bits per heavy atom. The Labute approximate surface area is 122 Å². The molecule has 2 heterocycles. The van der Waals surface area contributed by atoms with Crippen molar-refractivity contribution in [1.29, 1.82) is 0 Å². The van der Waals surface area contributed by atoms with E-state index in [1.54, 1.807) is 0 Å². The quantitative estimate of drug-likeness (QED) is 0.883. The van der Waals surface area contributed by atoms with Gasteiger partial charge in [-0.05, 0) is 39.0 Å². The Morgan fingerprint density at radius 2 is 1.90 bits per heavy atom. The summed E-state index contributed by atoms with van der Waals surface area (Å²) in [6.07, 6.45) is 0.